The second kappa shape index (κ2) is 8.12. The molecule has 0 aliphatic rings. The van der Waals surface area contributed by atoms with Gasteiger partial charge in [0.25, 0.3) is 0 Å². The minimum absolute atomic E-state index is 0.0234. The van der Waals surface area contributed by atoms with Gasteiger partial charge in [-0.05, 0) is 43.4 Å². The molecule has 0 aliphatic carbocycles. The third-order valence-electron chi connectivity index (χ3n) is 3.13. The maximum Gasteiger partial charge on any atom is 0.123 e. The molecule has 0 radical (unpaired) electrons. The van der Waals surface area contributed by atoms with Gasteiger partial charge in [0.1, 0.15) is 11.6 Å². The van der Waals surface area contributed by atoms with Crippen molar-refractivity contribution in [3.8, 4) is 5.75 Å². The van der Waals surface area contributed by atoms with Crippen LogP contribution in [0.15, 0.2) is 18.2 Å². The molecule has 19 heavy (non-hydrogen) atoms. The number of ether oxygens (including phenoxy) is 1. The third kappa shape index (κ3) is 4.80. The molecule has 0 saturated carbocycles. The van der Waals surface area contributed by atoms with E-state index in [2.05, 4.69) is 0 Å². The number of benzene rings is 1. The second-order valence-electron chi connectivity index (χ2n) is 4.71. The molecule has 0 heterocycles. The Labute approximate surface area is 114 Å². The van der Waals surface area contributed by atoms with Crippen LogP contribution in [0.4, 0.5) is 4.39 Å². The zero-order chi connectivity index (χ0) is 14.3. The zero-order valence-corrected chi connectivity index (χ0v) is 11.6. The highest BCUT2D eigenvalue weighted by Gasteiger charge is 2.19. The Morgan fingerprint density at radius 3 is 2.63 bits per heavy atom. The highest BCUT2D eigenvalue weighted by atomic mass is 19.1. The molecule has 2 atom stereocenters. The maximum absolute atomic E-state index is 13.4. The van der Waals surface area contributed by atoms with Crippen LogP contribution in [-0.2, 0) is 0 Å². The van der Waals surface area contributed by atoms with Crippen LogP contribution in [0.2, 0.25) is 0 Å². The van der Waals surface area contributed by atoms with Gasteiger partial charge in [-0.2, -0.15) is 0 Å². The number of hydrogen-bond acceptors (Lipinski definition) is 3. The highest BCUT2D eigenvalue weighted by molar-refractivity contribution is 5.37. The van der Waals surface area contributed by atoms with Crippen molar-refractivity contribution in [3.05, 3.63) is 29.6 Å². The van der Waals surface area contributed by atoms with E-state index in [1.807, 2.05) is 13.8 Å². The van der Waals surface area contributed by atoms with Crippen molar-refractivity contribution in [2.24, 2.45) is 0 Å². The van der Waals surface area contributed by atoms with Gasteiger partial charge in [0.15, 0.2) is 0 Å². The molecule has 0 aromatic heterocycles. The number of aliphatic hydroxyl groups excluding tert-OH is 2. The first-order valence-corrected chi connectivity index (χ1v) is 6.83. The molecule has 1 aromatic carbocycles. The second-order valence-corrected chi connectivity index (χ2v) is 4.71. The molecule has 3 nitrogen and oxygen atoms in total. The van der Waals surface area contributed by atoms with Crippen LogP contribution in [0.1, 0.15) is 44.6 Å². The molecular weight excluding hydrogens is 247 g/mol. The molecule has 0 spiro atoms. The molecule has 1 rings (SSSR count). The van der Waals surface area contributed by atoms with Crippen molar-refractivity contribution in [2.75, 3.05) is 13.2 Å². The predicted octanol–water partition coefficient (Wildman–Crippen LogP) is 2.85. The summed E-state index contributed by atoms with van der Waals surface area (Å²) in [6.45, 7) is 4.29. The summed E-state index contributed by atoms with van der Waals surface area (Å²) >= 11 is 0. The van der Waals surface area contributed by atoms with E-state index in [1.165, 1.54) is 12.1 Å². The first-order valence-electron chi connectivity index (χ1n) is 6.83. The van der Waals surface area contributed by atoms with Crippen LogP contribution in [0, 0.1) is 5.82 Å². The van der Waals surface area contributed by atoms with Gasteiger partial charge >= 0.3 is 0 Å². The van der Waals surface area contributed by atoms with Crippen molar-refractivity contribution in [1.29, 1.82) is 0 Å². The summed E-state index contributed by atoms with van der Waals surface area (Å²) < 4.78 is 19.0. The lowest BCUT2D eigenvalue weighted by molar-refractivity contribution is 0.0814. The summed E-state index contributed by atoms with van der Waals surface area (Å²) in [6.07, 6.45) is 1.25. The average molecular weight is 270 g/mol. The molecule has 0 saturated heterocycles. The molecule has 2 N–H and O–H groups in total. The van der Waals surface area contributed by atoms with E-state index in [1.54, 1.807) is 6.07 Å². The first kappa shape index (κ1) is 15.9. The number of halogens is 1. The fourth-order valence-corrected chi connectivity index (χ4v) is 2.10. The average Bonchev–Trinajstić information content (AvgIpc) is 2.43. The molecule has 0 bridgehead atoms. The van der Waals surface area contributed by atoms with Crippen LogP contribution in [0.3, 0.4) is 0 Å². The largest absolute Gasteiger partial charge is 0.493 e. The van der Waals surface area contributed by atoms with Gasteiger partial charge in [-0.1, -0.05) is 13.8 Å². The normalized spacial score (nSPS) is 14.2. The van der Waals surface area contributed by atoms with Gasteiger partial charge in [-0.15, -0.1) is 0 Å². The summed E-state index contributed by atoms with van der Waals surface area (Å²) in [5.74, 6) is 0.334. The summed E-state index contributed by atoms with van der Waals surface area (Å²) in [5, 5.41) is 18.5. The maximum atomic E-state index is 13.4. The lowest BCUT2D eigenvalue weighted by atomic mass is 9.90. The van der Waals surface area contributed by atoms with Crippen molar-refractivity contribution >= 4 is 0 Å². The Hall–Kier alpha value is -1.13. The lowest BCUT2D eigenvalue weighted by Gasteiger charge is -2.21. The minimum atomic E-state index is -0.785. The smallest absolute Gasteiger partial charge is 0.123 e. The van der Waals surface area contributed by atoms with Crippen molar-refractivity contribution in [2.45, 2.75) is 45.1 Å². The molecule has 108 valence electrons. The summed E-state index contributed by atoms with van der Waals surface area (Å²) in [7, 11) is 0. The zero-order valence-electron chi connectivity index (χ0n) is 11.6. The number of hydrogen-bond donors (Lipinski definition) is 2. The van der Waals surface area contributed by atoms with Gasteiger partial charge < -0.3 is 14.9 Å². The Kier molecular flexibility index (Phi) is 6.81. The number of rotatable bonds is 8. The fraction of sp³-hybridized carbons (Fsp3) is 0.600. The molecule has 0 fully saturated rings. The summed E-state index contributed by atoms with van der Waals surface area (Å²) in [6, 6.07) is 4.47. The van der Waals surface area contributed by atoms with Crippen molar-refractivity contribution < 1.29 is 19.3 Å². The first-order chi connectivity index (χ1) is 9.12. The van der Waals surface area contributed by atoms with E-state index in [0.29, 0.717) is 18.8 Å². The van der Waals surface area contributed by atoms with Gasteiger partial charge in [-0.3, -0.25) is 0 Å². The van der Waals surface area contributed by atoms with Crippen molar-refractivity contribution in [1.82, 2.24) is 0 Å². The van der Waals surface area contributed by atoms with Crippen LogP contribution in [0.25, 0.3) is 0 Å². The minimum Gasteiger partial charge on any atom is -0.493 e. The van der Waals surface area contributed by atoms with E-state index in [4.69, 9.17) is 9.84 Å². The van der Waals surface area contributed by atoms with E-state index in [9.17, 15) is 9.50 Å². The Morgan fingerprint density at radius 2 is 2.05 bits per heavy atom. The van der Waals surface area contributed by atoms with Crippen molar-refractivity contribution in [3.63, 3.8) is 0 Å². The van der Waals surface area contributed by atoms with Crippen LogP contribution in [0.5, 0.6) is 5.75 Å². The Bertz CT molecular complexity index is 382. The van der Waals surface area contributed by atoms with E-state index in [0.717, 1.165) is 18.4 Å². The molecule has 1 aromatic rings. The molecular formula is C15H23FO3. The van der Waals surface area contributed by atoms with E-state index >= 15 is 0 Å². The third-order valence-corrected chi connectivity index (χ3v) is 3.13. The van der Waals surface area contributed by atoms with Crippen LogP contribution >= 0.6 is 0 Å². The molecule has 0 aliphatic heterocycles. The number of aliphatic hydroxyl groups is 2. The van der Waals surface area contributed by atoms with Gasteiger partial charge in [0.2, 0.25) is 0 Å². The Balaban J connectivity index is 2.95. The quantitative estimate of drug-likeness (QED) is 0.763. The predicted molar refractivity (Wildman–Crippen MR) is 72.9 cm³/mol. The Morgan fingerprint density at radius 1 is 1.32 bits per heavy atom. The van der Waals surface area contributed by atoms with E-state index < -0.39 is 6.10 Å². The van der Waals surface area contributed by atoms with Gasteiger partial charge in [-0.25, -0.2) is 4.39 Å². The summed E-state index contributed by atoms with van der Waals surface area (Å²) in [4.78, 5) is 0. The van der Waals surface area contributed by atoms with E-state index in [-0.39, 0.29) is 18.3 Å². The fourth-order valence-electron chi connectivity index (χ4n) is 2.10. The molecule has 4 heteroatoms. The monoisotopic (exact) mass is 270 g/mol. The summed E-state index contributed by atoms with van der Waals surface area (Å²) in [5.41, 5.74) is 0.767. The van der Waals surface area contributed by atoms with Crippen LogP contribution < -0.4 is 4.74 Å². The van der Waals surface area contributed by atoms with Crippen LogP contribution in [-0.4, -0.2) is 29.5 Å². The standard InChI is InChI=1S/C15H23FO3/c1-3-7-19-15-6-5-12(16)9-14(15)11(4-2)8-13(18)10-17/h5-6,9,11,13,17-18H,3-4,7-8,10H2,1-2H3. The SMILES string of the molecule is CCCOc1ccc(F)cc1C(CC)CC(O)CO. The van der Waals surface area contributed by atoms with Gasteiger partial charge in [0, 0.05) is 5.56 Å². The molecule has 0 amide bonds. The molecule has 2 unspecified atom stereocenters. The highest BCUT2D eigenvalue weighted by Crippen LogP contribution is 2.33. The van der Waals surface area contributed by atoms with Gasteiger partial charge in [0.05, 0.1) is 19.3 Å². The lowest BCUT2D eigenvalue weighted by Crippen LogP contribution is -2.17. The topological polar surface area (TPSA) is 49.7 Å².